The van der Waals surface area contributed by atoms with Crippen LogP contribution >= 0.6 is 0 Å². The highest BCUT2D eigenvalue weighted by atomic mass is 16.1. The Hall–Kier alpha value is -1.16. The van der Waals surface area contributed by atoms with Gasteiger partial charge >= 0.3 is 0 Å². The molecule has 0 radical (unpaired) electrons. The molecule has 0 aromatic carbocycles. The third-order valence-electron chi connectivity index (χ3n) is 4.40. The summed E-state index contributed by atoms with van der Waals surface area (Å²) in [6.45, 7) is 7.48. The Kier molecular flexibility index (Phi) is 3.92. The molecule has 1 aliphatic carbocycles. The summed E-state index contributed by atoms with van der Waals surface area (Å²) in [6.07, 6.45) is 5.60. The normalized spacial score (nSPS) is 19.4. The predicted molar refractivity (Wildman–Crippen MR) is 79.7 cm³/mol. The molecule has 0 spiro atoms. The standard InChI is InChI=1S/C16H25N3O/c1-11(2)5-7-19-8-6-13-14(10-19)17-15(18-16(13)20)9-12-3-4-12/h11-12H,3-10H2,1-2H3,(H,17,18,20). The van der Waals surface area contributed by atoms with E-state index in [9.17, 15) is 4.79 Å². The van der Waals surface area contributed by atoms with Crippen LogP contribution in [-0.4, -0.2) is 28.0 Å². The molecule has 1 saturated carbocycles. The molecular formula is C16H25N3O. The molecule has 0 atom stereocenters. The Morgan fingerprint density at radius 3 is 2.90 bits per heavy atom. The highest BCUT2D eigenvalue weighted by Crippen LogP contribution is 2.31. The number of nitrogens with zero attached hydrogens (tertiary/aromatic N) is 2. The second kappa shape index (κ2) is 5.68. The lowest BCUT2D eigenvalue weighted by atomic mass is 10.0. The summed E-state index contributed by atoms with van der Waals surface area (Å²) in [7, 11) is 0. The predicted octanol–water partition coefficient (Wildman–Crippen LogP) is 2.13. The van der Waals surface area contributed by atoms with E-state index in [1.807, 2.05) is 0 Å². The van der Waals surface area contributed by atoms with Crippen molar-refractivity contribution < 1.29 is 0 Å². The van der Waals surface area contributed by atoms with Crippen molar-refractivity contribution in [3.8, 4) is 0 Å². The number of aromatic nitrogens is 2. The van der Waals surface area contributed by atoms with E-state index in [4.69, 9.17) is 4.98 Å². The molecule has 1 aromatic rings. The minimum absolute atomic E-state index is 0.106. The van der Waals surface area contributed by atoms with Gasteiger partial charge in [-0.25, -0.2) is 4.98 Å². The fraction of sp³-hybridized carbons (Fsp3) is 0.750. The van der Waals surface area contributed by atoms with Gasteiger partial charge in [0.05, 0.1) is 5.69 Å². The van der Waals surface area contributed by atoms with Gasteiger partial charge in [0, 0.05) is 25.1 Å². The van der Waals surface area contributed by atoms with Crippen LogP contribution in [0.2, 0.25) is 0 Å². The third-order valence-corrected chi connectivity index (χ3v) is 4.40. The van der Waals surface area contributed by atoms with Gasteiger partial charge in [0.25, 0.3) is 5.56 Å². The topological polar surface area (TPSA) is 49.0 Å². The molecule has 1 aliphatic heterocycles. The SMILES string of the molecule is CC(C)CCN1CCc2c(nc(CC3CC3)[nH]c2=O)C1. The van der Waals surface area contributed by atoms with Gasteiger partial charge < -0.3 is 4.98 Å². The van der Waals surface area contributed by atoms with Gasteiger partial charge in [-0.05, 0) is 44.1 Å². The van der Waals surface area contributed by atoms with Gasteiger partial charge in [0.2, 0.25) is 0 Å². The van der Waals surface area contributed by atoms with E-state index in [1.165, 1.54) is 19.3 Å². The van der Waals surface area contributed by atoms with E-state index in [0.29, 0.717) is 0 Å². The number of H-pyrrole nitrogens is 1. The first kappa shape index (κ1) is 13.8. The van der Waals surface area contributed by atoms with Crippen molar-refractivity contribution in [1.29, 1.82) is 0 Å². The minimum Gasteiger partial charge on any atom is -0.310 e. The largest absolute Gasteiger partial charge is 0.310 e. The van der Waals surface area contributed by atoms with Crippen LogP contribution < -0.4 is 5.56 Å². The van der Waals surface area contributed by atoms with E-state index >= 15 is 0 Å². The fourth-order valence-corrected chi connectivity index (χ4v) is 2.87. The van der Waals surface area contributed by atoms with Gasteiger partial charge in [0.1, 0.15) is 5.82 Å². The maximum absolute atomic E-state index is 12.1. The zero-order valence-corrected chi connectivity index (χ0v) is 12.6. The van der Waals surface area contributed by atoms with E-state index in [-0.39, 0.29) is 5.56 Å². The summed E-state index contributed by atoms with van der Waals surface area (Å²) < 4.78 is 0. The molecule has 0 bridgehead atoms. The Balaban J connectivity index is 1.72. The molecule has 0 unspecified atom stereocenters. The maximum atomic E-state index is 12.1. The van der Waals surface area contributed by atoms with Crippen LogP contribution in [-0.2, 0) is 19.4 Å². The number of nitrogens with one attached hydrogen (secondary N) is 1. The van der Waals surface area contributed by atoms with E-state index in [2.05, 4.69) is 23.7 Å². The highest BCUT2D eigenvalue weighted by molar-refractivity contribution is 5.21. The number of hydrogen-bond acceptors (Lipinski definition) is 3. The van der Waals surface area contributed by atoms with Crippen LogP contribution in [0.25, 0.3) is 0 Å². The summed E-state index contributed by atoms with van der Waals surface area (Å²) in [5.74, 6) is 2.40. The molecule has 2 aliphatic rings. The maximum Gasteiger partial charge on any atom is 0.254 e. The van der Waals surface area contributed by atoms with Crippen LogP contribution in [0.1, 0.15) is 50.2 Å². The monoisotopic (exact) mass is 275 g/mol. The second-order valence-electron chi connectivity index (χ2n) is 6.79. The molecule has 4 nitrogen and oxygen atoms in total. The number of aromatic amines is 1. The lowest BCUT2D eigenvalue weighted by Gasteiger charge is -2.28. The van der Waals surface area contributed by atoms with E-state index in [0.717, 1.165) is 61.4 Å². The number of fused-ring (bicyclic) bond motifs is 1. The Morgan fingerprint density at radius 2 is 2.20 bits per heavy atom. The molecule has 2 heterocycles. The third kappa shape index (κ3) is 3.29. The summed E-state index contributed by atoms with van der Waals surface area (Å²) in [6, 6.07) is 0. The van der Waals surface area contributed by atoms with Crippen molar-refractivity contribution in [2.24, 2.45) is 11.8 Å². The molecule has 0 amide bonds. The molecular weight excluding hydrogens is 250 g/mol. The van der Waals surface area contributed by atoms with Gasteiger partial charge in [-0.2, -0.15) is 0 Å². The van der Waals surface area contributed by atoms with E-state index < -0.39 is 0 Å². The Bertz CT molecular complexity index is 531. The van der Waals surface area contributed by atoms with Gasteiger partial charge in [-0.3, -0.25) is 9.69 Å². The average Bonchev–Trinajstić information content (AvgIpc) is 3.20. The smallest absolute Gasteiger partial charge is 0.254 e. The first-order chi connectivity index (χ1) is 9.61. The average molecular weight is 275 g/mol. The molecule has 110 valence electrons. The quantitative estimate of drug-likeness (QED) is 0.895. The van der Waals surface area contributed by atoms with Crippen LogP contribution in [0.3, 0.4) is 0 Å². The molecule has 4 heteroatoms. The highest BCUT2D eigenvalue weighted by Gasteiger charge is 2.25. The molecule has 20 heavy (non-hydrogen) atoms. The summed E-state index contributed by atoms with van der Waals surface area (Å²) in [5.41, 5.74) is 2.05. The van der Waals surface area contributed by atoms with Gasteiger partial charge in [-0.1, -0.05) is 13.8 Å². The van der Waals surface area contributed by atoms with Crippen molar-refractivity contribution in [3.63, 3.8) is 0 Å². The van der Waals surface area contributed by atoms with Gasteiger partial charge in [-0.15, -0.1) is 0 Å². The zero-order chi connectivity index (χ0) is 14.1. The van der Waals surface area contributed by atoms with Crippen molar-refractivity contribution >= 4 is 0 Å². The fourth-order valence-electron chi connectivity index (χ4n) is 2.87. The van der Waals surface area contributed by atoms with Crippen LogP contribution in [0.15, 0.2) is 4.79 Å². The summed E-state index contributed by atoms with van der Waals surface area (Å²) in [4.78, 5) is 22.3. The van der Waals surface area contributed by atoms with Crippen molar-refractivity contribution in [2.45, 2.75) is 52.5 Å². The van der Waals surface area contributed by atoms with Crippen molar-refractivity contribution in [1.82, 2.24) is 14.9 Å². The second-order valence-corrected chi connectivity index (χ2v) is 6.79. The lowest BCUT2D eigenvalue weighted by molar-refractivity contribution is 0.234. The van der Waals surface area contributed by atoms with Crippen molar-refractivity contribution in [2.75, 3.05) is 13.1 Å². The number of hydrogen-bond donors (Lipinski definition) is 1. The Morgan fingerprint density at radius 1 is 1.40 bits per heavy atom. The van der Waals surface area contributed by atoms with Crippen LogP contribution in [0, 0.1) is 11.8 Å². The molecule has 3 rings (SSSR count). The van der Waals surface area contributed by atoms with Crippen LogP contribution in [0.4, 0.5) is 0 Å². The van der Waals surface area contributed by atoms with E-state index in [1.54, 1.807) is 0 Å². The van der Waals surface area contributed by atoms with Crippen molar-refractivity contribution in [3.05, 3.63) is 27.4 Å². The van der Waals surface area contributed by atoms with Crippen LogP contribution in [0.5, 0.6) is 0 Å². The first-order valence-electron chi connectivity index (χ1n) is 7.95. The molecule has 1 aromatic heterocycles. The molecule has 1 fully saturated rings. The number of rotatable bonds is 5. The Labute approximate surface area is 120 Å². The molecule has 1 N–H and O–H groups in total. The lowest BCUT2D eigenvalue weighted by Crippen LogP contribution is -2.36. The zero-order valence-electron chi connectivity index (χ0n) is 12.6. The summed E-state index contributed by atoms with van der Waals surface area (Å²) >= 11 is 0. The van der Waals surface area contributed by atoms with Gasteiger partial charge in [0.15, 0.2) is 0 Å². The first-order valence-corrected chi connectivity index (χ1v) is 7.95. The molecule has 0 saturated heterocycles. The summed E-state index contributed by atoms with van der Waals surface area (Å²) in [5, 5.41) is 0. The minimum atomic E-state index is 0.106.